The first kappa shape index (κ1) is 22.0. The largest absolute Gasteiger partial charge is 0.393 e. The first-order valence-electron chi connectivity index (χ1n) is 13.3. The number of rotatable bonds is 0. The molecular weight excluding hydrogens is 402 g/mol. The van der Waals surface area contributed by atoms with Crippen molar-refractivity contribution in [1.29, 1.82) is 0 Å². The van der Waals surface area contributed by atoms with Crippen molar-refractivity contribution in [2.45, 2.75) is 109 Å². The molecule has 5 fully saturated rings. The first-order chi connectivity index (χ1) is 15.2. The Hall–Kier alpha value is -0.460. The van der Waals surface area contributed by atoms with Gasteiger partial charge in [0.25, 0.3) is 0 Å². The molecule has 4 aliphatic carbocycles. The van der Waals surface area contributed by atoms with E-state index in [1.807, 2.05) is 0 Å². The van der Waals surface area contributed by atoms with Crippen LogP contribution in [0.25, 0.3) is 0 Å². The van der Waals surface area contributed by atoms with E-state index in [1.165, 1.54) is 5.57 Å². The second-order valence-corrected chi connectivity index (χ2v) is 12.9. The molecule has 2 heterocycles. The predicted molar refractivity (Wildman–Crippen MR) is 123 cm³/mol. The molecular formula is C27H43NO4. The summed E-state index contributed by atoms with van der Waals surface area (Å²) in [6.07, 6.45) is 5.08. The second-order valence-electron chi connectivity index (χ2n) is 12.9. The van der Waals surface area contributed by atoms with Gasteiger partial charge in [0.05, 0.1) is 30.0 Å². The number of hydrogen-bond acceptors (Lipinski definition) is 5. The highest BCUT2D eigenvalue weighted by Crippen LogP contribution is 2.66. The Kier molecular flexibility index (Phi) is 5.01. The highest BCUT2D eigenvalue weighted by molar-refractivity contribution is 5.36. The van der Waals surface area contributed by atoms with Crippen LogP contribution in [0.3, 0.4) is 0 Å². The molecule has 13 atom stereocenters. The molecule has 6 aliphatic rings. The molecule has 32 heavy (non-hydrogen) atoms. The smallest absolute Gasteiger partial charge is 0.0937 e. The van der Waals surface area contributed by atoms with E-state index in [-0.39, 0.29) is 23.0 Å². The lowest BCUT2D eigenvalue weighted by atomic mass is 9.50. The molecule has 4 N–H and O–H groups in total. The Morgan fingerprint density at radius 3 is 2.56 bits per heavy atom. The van der Waals surface area contributed by atoms with E-state index >= 15 is 0 Å². The predicted octanol–water partition coefficient (Wildman–Crippen LogP) is 3.02. The van der Waals surface area contributed by atoms with Gasteiger partial charge in [-0.2, -0.15) is 0 Å². The van der Waals surface area contributed by atoms with E-state index in [1.54, 1.807) is 5.57 Å². The fraction of sp³-hybridized carbons (Fsp3) is 0.926. The summed E-state index contributed by atoms with van der Waals surface area (Å²) in [5.41, 5.74) is 2.86. The number of nitrogens with one attached hydrogen (secondary N) is 1. The average molecular weight is 446 g/mol. The molecule has 0 amide bonds. The van der Waals surface area contributed by atoms with E-state index in [2.05, 4.69) is 33.0 Å². The molecule has 5 nitrogen and oxygen atoms in total. The zero-order valence-corrected chi connectivity index (χ0v) is 20.3. The van der Waals surface area contributed by atoms with Crippen LogP contribution in [0.2, 0.25) is 0 Å². The van der Waals surface area contributed by atoms with E-state index in [0.29, 0.717) is 54.6 Å². The fourth-order valence-corrected chi connectivity index (χ4v) is 9.77. The van der Waals surface area contributed by atoms with Crippen molar-refractivity contribution in [2.24, 2.45) is 40.9 Å². The van der Waals surface area contributed by atoms with Crippen LogP contribution in [-0.4, -0.2) is 57.9 Å². The van der Waals surface area contributed by atoms with Gasteiger partial charge in [0.2, 0.25) is 0 Å². The molecule has 0 aromatic carbocycles. The minimum Gasteiger partial charge on any atom is -0.393 e. The van der Waals surface area contributed by atoms with Crippen molar-refractivity contribution < 1.29 is 20.1 Å². The Morgan fingerprint density at radius 1 is 1.00 bits per heavy atom. The van der Waals surface area contributed by atoms with Crippen molar-refractivity contribution in [1.82, 2.24) is 5.32 Å². The van der Waals surface area contributed by atoms with Crippen LogP contribution in [0.15, 0.2) is 11.1 Å². The summed E-state index contributed by atoms with van der Waals surface area (Å²) in [4.78, 5) is 0. The topological polar surface area (TPSA) is 82.0 Å². The van der Waals surface area contributed by atoms with Crippen molar-refractivity contribution in [3.8, 4) is 0 Å². The lowest BCUT2D eigenvalue weighted by Gasteiger charge is -2.56. The third kappa shape index (κ3) is 2.81. The summed E-state index contributed by atoms with van der Waals surface area (Å²) >= 11 is 0. The van der Waals surface area contributed by atoms with Gasteiger partial charge in [-0.1, -0.05) is 26.3 Å². The normalized spacial score (nSPS) is 59.5. The second kappa shape index (κ2) is 7.27. The summed E-state index contributed by atoms with van der Waals surface area (Å²) in [5, 5.41) is 35.9. The van der Waals surface area contributed by atoms with Gasteiger partial charge in [-0.25, -0.2) is 0 Å². The van der Waals surface area contributed by atoms with Gasteiger partial charge in [0.1, 0.15) is 0 Å². The summed E-state index contributed by atoms with van der Waals surface area (Å²) in [6.45, 7) is 10.5. The molecule has 180 valence electrons. The molecule has 0 bridgehead atoms. The van der Waals surface area contributed by atoms with Crippen LogP contribution >= 0.6 is 0 Å². The van der Waals surface area contributed by atoms with Gasteiger partial charge in [-0.15, -0.1) is 0 Å². The molecule has 5 heteroatoms. The first-order valence-corrected chi connectivity index (χ1v) is 13.3. The van der Waals surface area contributed by atoms with Crippen molar-refractivity contribution in [3.63, 3.8) is 0 Å². The monoisotopic (exact) mass is 445 g/mol. The maximum atomic E-state index is 11.1. The molecule has 3 saturated carbocycles. The standard InChI is InChI=1S/C27H43NO4/c1-13-7-24-25(28-12-13)15(3)27(32-24)6-5-16-17(14(27)2)8-19-18(16)9-21(29)20-10-22(30)23(31)11-26(19,20)4/h13,15-16,18-25,28-31H,5-12H2,1-4H3. The van der Waals surface area contributed by atoms with Gasteiger partial charge < -0.3 is 25.4 Å². The molecule has 6 rings (SSSR count). The zero-order valence-electron chi connectivity index (χ0n) is 20.3. The number of aliphatic hydroxyl groups excluding tert-OH is 3. The van der Waals surface area contributed by atoms with Crippen molar-refractivity contribution >= 4 is 0 Å². The molecule has 13 unspecified atom stereocenters. The number of piperidine rings is 1. The lowest BCUT2D eigenvalue weighted by molar-refractivity contribution is -0.165. The maximum Gasteiger partial charge on any atom is 0.0937 e. The van der Waals surface area contributed by atoms with E-state index in [0.717, 1.165) is 38.6 Å². The van der Waals surface area contributed by atoms with Crippen LogP contribution < -0.4 is 5.32 Å². The van der Waals surface area contributed by atoms with Crippen LogP contribution in [0.4, 0.5) is 0 Å². The quantitative estimate of drug-likeness (QED) is 0.431. The summed E-state index contributed by atoms with van der Waals surface area (Å²) in [7, 11) is 0. The van der Waals surface area contributed by atoms with Gasteiger partial charge in [0, 0.05) is 12.0 Å². The molecule has 1 spiro atoms. The number of hydrogen-bond donors (Lipinski definition) is 4. The minimum absolute atomic E-state index is 0.0902. The van der Waals surface area contributed by atoms with Gasteiger partial charge in [-0.3, -0.25) is 0 Å². The molecule has 2 aliphatic heterocycles. The lowest BCUT2D eigenvalue weighted by Crippen LogP contribution is -2.56. The Bertz CT molecular complexity index is 813. The summed E-state index contributed by atoms with van der Waals surface area (Å²) in [6, 6.07) is 0.459. The van der Waals surface area contributed by atoms with Crippen LogP contribution in [0.5, 0.6) is 0 Å². The van der Waals surface area contributed by atoms with E-state index in [9.17, 15) is 15.3 Å². The highest BCUT2D eigenvalue weighted by Gasteiger charge is 2.63. The zero-order chi connectivity index (χ0) is 22.6. The number of allylic oxidation sites excluding steroid dienone is 1. The van der Waals surface area contributed by atoms with E-state index in [4.69, 9.17) is 4.74 Å². The number of fused-ring (bicyclic) bond motifs is 6. The van der Waals surface area contributed by atoms with Crippen molar-refractivity contribution in [3.05, 3.63) is 11.1 Å². The SMILES string of the molecule is CC1=C2CC3C(CC(O)C4CC(O)C(O)CC43C)C2CCC12OC1CC(C)CNC1C2C. The van der Waals surface area contributed by atoms with Gasteiger partial charge in [-0.05, 0) is 99.0 Å². The average Bonchev–Trinajstić information content (AvgIpc) is 3.24. The van der Waals surface area contributed by atoms with E-state index < -0.39 is 12.2 Å². The minimum atomic E-state index is -0.696. The third-order valence-electron chi connectivity index (χ3n) is 11.5. The Labute approximate surface area is 193 Å². The Morgan fingerprint density at radius 2 is 1.78 bits per heavy atom. The van der Waals surface area contributed by atoms with Gasteiger partial charge >= 0.3 is 0 Å². The van der Waals surface area contributed by atoms with Crippen LogP contribution in [-0.2, 0) is 4.74 Å². The number of ether oxygens (including phenoxy) is 1. The number of aliphatic hydroxyl groups is 3. The van der Waals surface area contributed by atoms with Crippen molar-refractivity contribution in [2.75, 3.05) is 6.54 Å². The summed E-state index contributed by atoms with van der Waals surface area (Å²) in [5.74, 6) is 2.77. The maximum absolute atomic E-state index is 11.1. The molecule has 2 saturated heterocycles. The fourth-order valence-electron chi connectivity index (χ4n) is 9.77. The molecule has 0 aromatic heterocycles. The van der Waals surface area contributed by atoms with Crippen LogP contribution in [0.1, 0.15) is 72.6 Å². The third-order valence-corrected chi connectivity index (χ3v) is 11.5. The highest BCUT2D eigenvalue weighted by atomic mass is 16.5. The Balaban J connectivity index is 1.35. The summed E-state index contributed by atoms with van der Waals surface area (Å²) < 4.78 is 6.99. The van der Waals surface area contributed by atoms with Gasteiger partial charge in [0.15, 0.2) is 0 Å². The molecule has 0 radical (unpaired) electrons. The molecule has 0 aromatic rings. The van der Waals surface area contributed by atoms with Crippen LogP contribution in [0, 0.1) is 40.9 Å².